The van der Waals surface area contributed by atoms with Gasteiger partial charge in [-0.15, -0.1) is 0 Å². The highest BCUT2D eigenvalue weighted by atomic mass is 19.1. The van der Waals surface area contributed by atoms with E-state index >= 15 is 0 Å². The summed E-state index contributed by atoms with van der Waals surface area (Å²) in [5.74, 6) is -0.252. The topological polar surface area (TPSA) is 28.2 Å². The first kappa shape index (κ1) is 16.4. The van der Waals surface area contributed by atoms with Gasteiger partial charge in [-0.2, -0.15) is 0 Å². The monoisotopic (exact) mass is 293 g/mol. The molecule has 1 aromatic heterocycles. The molecule has 0 bridgehead atoms. The highest BCUT2D eigenvalue weighted by Gasteiger charge is 2.42. The normalized spacial score (nSPS) is 18.1. The molecule has 1 unspecified atom stereocenters. The molecular weight excluding hydrogens is 265 g/mol. The van der Waals surface area contributed by atoms with Crippen LogP contribution in [-0.4, -0.2) is 35.1 Å². The van der Waals surface area contributed by atoms with Crippen molar-refractivity contribution in [1.29, 1.82) is 0 Å². The SMILES string of the molecule is CCNC(c1cncc(F)c1)C(CC)(CC)N1CCCC1. The van der Waals surface area contributed by atoms with E-state index in [4.69, 9.17) is 0 Å². The van der Waals surface area contributed by atoms with Gasteiger partial charge < -0.3 is 5.32 Å². The molecule has 0 spiro atoms. The minimum absolute atomic E-state index is 0.0436. The van der Waals surface area contributed by atoms with Crippen LogP contribution in [0.15, 0.2) is 18.5 Å². The standard InChI is InChI=1S/C17H28FN3/c1-4-17(5-2,21-9-7-8-10-21)16(20-6-3)14-11-15(18)13-19-12-14/h11-13,16,20H,4-10H2,1-3H3. The zero-order valence-corrected chi connectivity index (χ0v) is 13.5. The lowest BCUT2D eigenvalue weighted by Gasteiger charge is -2.47. The van der Waals surface area contributed by atoms with Crippen LogP contribution in [0.2, 0.25) is 0 Å². The van der Waals surface area contributed by atoms with E-state index in [1.165, 1.54) is 19.0 Å². The Morgan fingerprint density at radius 1 is 1.24 bits per heavy atom. The number of hydrogen-bond donors (Lipinski definition) is 1. The third kappa shape index (κ3) is 3.27. The fourth-order valence-corrected chi connectivity index (χ4v) is 3.86. The third-order valence-electron chi connectivity index (χ3n) is 4.97. The predicted molar refractivity (Wildman–Crippen MR) is 84.7 cm³/mol. The molecule has 1 fully saturated rings. The van der Waals surface area contributed by atoms with Crippen LogP contribution in [0, 0.1) is 5.82 Å². The molecule has 118 valence electrons. The smallest absolute Gasteiger partial charge is 0.141 e. The van der Waals surface area contributed by atoms with Crippen LogP contribution in [0.1, 0.15) is 58.1 Å². The second kappa shape index (κ2) is 7.32. The van der Waals surface area contributed by atoms with Crippen LogP contribution in [0.4, 0.5) is 4.39 Å². The Hall–Kier alpha value is -1.00. The lowest BCUT2D eigenvalue weighted by atomic mass is 9.79. The lowest BCUT2D eigenvalue weighted by molar-refractivity contribution is 0.0620. The maximum atomic E-state index is 13.6. The first-order valence-electron chi connectivity index (χ1n) is 8.26. The molecule has 1 aliphatic heterocycles. The first-order chi connectivity index (χ1) is 10.2. The molecule has 0 radical (unpaired) electrons. The van der Waals surface area contributed by atoms with Crippen molar-refractivity contribution in [3.63, 3.8) is 0 Å². The number of likely N-dealkylation sites (tertiary alicyclic amines) is 1. The van der Waals surface area contributed by atoms with Gasteiger partial charge >= 0.3 is 0 Å². The summed E-state index contributed by atoms with van der Waals surface area (Å²) in [6, 6.07) is 1.76. The summed E-state index contributed by atoms with van der Waals surface area (Å²) in [7, 11) is 0. The number of likely N-dealkylation sites (N-methyl/N-ethyl adjacent to an activating group) is 1. The van der Waals surface area contributed by atoms with Crippen LogP contribution >= 0.6 is 0 Å². The largest absolute Gasteiger partial charge is 0.309 e. The zero-order valence-electron chi connectivity index (χ0n) is 13.5. The summed E-state index contributed by atoms with van der Waals surface area (Å²) in [4.78, 5) is 6.66. The number of rotatable bonds is 7. The molecule has 2 heterocycles. The Bertz CT molecular complexity index is 439. The summed E-state index contributed by atoms with van der Waals surface area (Å²) in [5.41, 5.74) is 1.01. The van der Waals surface area contributed by atoms with Crippen LogP contribution in [0.5, 0.6) is 0 Å². The molecule has 4 heteroatoms. The summed E-state index contributed by atoms with van der Waals surface area (Å²) in [6.07, 6.45) is 7.73. The van der Waals surface area contributed by atoms with Gasteiger partial charge in [-0.3, -0.25) is 9.88 Å². The summed E-state index contributed by atoms with van der Waals surface area (Å²) < 4.78 is 13.6. The third-order valence-corrected chi connectivity index (χ3v) is 4.97. The van der Waals surface area contributed by atoms with Crippen molar-refractivity contribution >= 4 is 0 Å². The highest BCUT2D eigenvalue weighted by Crippen LogP contribution is 2.39. The molecule has 21 heavy (non-hydrogen) atoms. The molecule has 3 nitrogen and oxygen atoms in total. The molecule has 1 saturated heterocycles. The molecular formula is C17H28FN3. The fourth-order valence-electron chi connectivity index (χ4n) is 3.86. The van der Waals surface area contributed by atoms with Gasteiger partial charge in [-0.25, -0.2) is 4.39 Å². The van der Waals surface area contributed by atoms with E-state index in [9.17, 15) is 4.39 Å². The van der Waals surface area contributed by atoms with Crippen molar-refractivity contribution < 1.29 is 4.39 Å². The number of nitrogens with one attached hydrogen (secondary N) is 1. The maximum Gasteiger partial charge on any atom is 0.141 e. The average Bonchev–Trinajstić information content (AvgIpc) is 3.03. The number of hydrogen-bond acceptors (Lipinski definition) is 3. The van der Waals surface area contributed by atoms with Gasteiger partial charge in [-0.1, -0.05) is 20.8 Å². The molecule has 1 aliphatic rings. The molecule has 0 saturated carbocycles. The van der Waals surface area contributed by atoms with E-state index in [0.717, 1.165) is 38.0 Å². The van der Waals surface area contributed by atoms with Gasteiger partial charge in [0.25, 0.3) is 0 Å². The van der Waals surface area contributed by atoms with Crippen LogP contribution in [0.3, 0.4) is 0 Å². The Morgan fingerprint density at radius 3 is 2.43 bits per heavy atom. The van der Waals surface area contributed by atoms with E-state index in [1.807, 2.05) is 6.20 Å². The van der Waals surface area contributed by atoms with Gasteiger partial charge in [0, 0.05) is 11.7 Å². The molecule has 1 aromatic rings. The second-order valence-corrected chi connectivity index (χ2v) is 5.93. The minimum atomic E-state index is -0.252. The van der Waals surface area contributed by atoms with Crippen LogP contribution in [-0.2, 0) is 0 Å². The Kier molecular flexibility index (Phi) is 5.71. The van der Waals surface area contributed by atoms with Gasteiger partial charge in [0.05, 0.1) is 12.2 Å². The van der Waals surface area contributed by atoms with Crippen molar-refractivity contribution in [1.82, 2.24) is 15.2 Å². The Morgan fingerprint density at radius 2 is 1.90 bits per heavy atom. The van der Waals surface area contributed by atoms with Gasteiger partial charge in [0.2, 0.25) is 0 Å². The van der Waals surface area contributed by atoms with Crippen molar-refractivity contribution in [3.05, 3.63) is 29.8 Å². The molecule has 1 atom stereocenters. The fraction of sp³-hybridized carbons (Fsp3) is 0.706. The lowest BCUT2D eigenvalue weighted by Crippen LogP contribution is -2.55. The number of nitrogens with zero attached hydrogens (tertiary/aromatic N) is 2. The molecule has 0 aromatic carbocycles. The Balaban J connectivity index is 2.40. The first-order valence-corrected chi connectivity index (χ1v) is 8.26. The second-order valence-electron chi connectivity index (χ2n) is 5.93. The average molecular weight is 293 g/mol. The number of halogens is 1. The maximum absolute atomic E-state index is 13.6. The van der Waals surface area contributed by atoms with Crippen molar-refractivity contribution in [2.75, 3.05) is 19.6 Å². The van der Waals surface area contributed by atoms with Crippen molar-refractivity contribution in [2.45, 2.75) is 58.0 Å². The van der Waals surface area contributed by atoms with E-state index in [-0.39, 0.29) is 17.4 Å². The predicted octanol–water partition coefficient (Wildman–Crippen LogP) is 3.53. The summed E-state index contributed by atoms with van der Waals surface area (Å²) in [6.45, 7) is 9.77. The van der Waals surface area contributed by atoms with E-state index in [1.54, 1.807) is 6.07 Å². The highest BCUT2D eigenvalue weighted by molar-refractivity contribution is 5.21. The van der Waals surface area contributed by atoms with E-state index in [0.29, 0.717) is 0 Å². The van der Waals surface area contributed by atoms with Crippen LogP contribution in [0.25, 0.3) is 0 Å². The van der Waals surface area contributed by atoms with Gasteiger partial charge in [-0.05, 0) is 56.9 Å². The van der Waals surface area contributed by atoms with Crippen LogP contribution < -0.4 is 5.32 Å². The minimum Gasteiger partial charge on any atom is -0.309 e. The number of pyridine rings is 1. The summed E-state index contributed by atoms with van der Waals surface area (Å²) >= 11 is 0. The van der Waals surface area contributed by atoms with Crippen molar-refractivity contribution in [2.24, 2.45) is 0 Å². The molecule has 0 amide bonds. The zero-order chi connectivity index (χ0) is 15.3. The van der Waals surface area contributed by atoms with Gasteiger partial charge in [0.1, 0.15) is 5.82 Å². The quantitative estimate of drug-likeness (QED) is 0.833. The van der Waals surface area contributed by atoms with E-state index < -0.39 is 0 Å². The molecule has 1 N–H and O–H groups in total. The van der Waals surface area contributed by atoms with E-state index in [2.05, 4.69) is 36.0 Å². The number of aromatic nitrogens is 1. The Labute approximate surface area is 127 Å². The van der Waals surface area contributed by atoms with Crippen molar-refractivity contribution in [3.8, 4) is 0 Å². The van der Waals surface area contributed by atoms with Gasteiger partial charge in [0.15, 0.2) is 0 Å². The molecule has 2 rings (SSSR count). The summed E-state index contributed by atoms with van der Waals surface area (Å²) in [5, 5.41) is 3.60. The molecule has 0 aliphatic carbocycles.